The van der Waals surface area contributed by atoms with E-state index >= 15 is 0 Å². The van der Waals surface area contributed by atoms with Crippen LogP contribution in [0.4, 0.5) is 5.69 Å². The van der Waals surface area contributed by atoms with E-state index in [2.05, 4.69) is 40.7 Å². The molecule has 6 heteroatoms. The van der Waals surface area contributed by atoms with Crippen molar-refractivity contribution < 1.29 is 9.59 Å². The van der Waals surface area contributed by atoms with Crippen LogP contribution in [0.15, 0.2) is 24.3 Å². The Bertz CT molecular complexity index is 599. The fraction of sp³-hybridized carbons (Fsp3) is 0.400. The minimum Gasteiger partial charge on any atom is -0.371 e. The Balaban J connectivity index is 1.77. The number of carbonyl (C=O) groups is 2. The summed E-state index contributed by atoms with van der Waals surface area (Å²) in [6.07, 6.45) is 1.00. The molecule has 2 N–H and O–H groups in total. The molecular formula is C15H17N3O2S. The number of anilines is 1. The van der Waals surface area contributed by atoms with E-state index in [0.29, 0.717) is 25.9 Å². The van der Waals surface area contributed by atoms with Crippen molar-refractivity contribution in [1.82, 2.24) is 10.6 Å². The van der Waals surface area contributed by atoms with Crippen LogP contribution in [-0.2, 0) is 9.59 Å². The quantitative estimate of drug-likeness (QED) is 0.603. The summed E-state index contributed by atoms with van der Waals surface area (Å²) >= 11 is 4.85. The first-order valence-corrected chi connectivity index (χ1v) is 7.41. The molecule has 5 nitrogen and oxygen atoms in total. The van der Waals surface area contributed by atoms with Crippen LogP contribution < -0.4 is 15.5 Å². The molecule has 0 unspecified atom stereocenters. The smallest absolute Gasteiger partial charge is 0.241 e. The molecule has 0 aliphatic carbocycles. The van der Waals surface area contributed by atoms with Crippen molar-refractivity contribution in [3.8, 4) is 0 Å². The summed E-state index contributed by atoms with van der Waals surface area (Å²) in [6.45, 7) is 3.41. The fourth-order valence-corrected chi connectivity index (χ4v) is 3.19. The molecule has 2 heterocycles. The highest BCUT2D eigenvalue weighted by molar-refractivity contribution is 7.80. The van der Waals surface area contributed by atoms with Crippen LogP contribution in [0.1, 0.15) is 18.4 Å². The molecule has 110 valence electrons. The molecule has 2 saturated heterocycles. The lowest BCUT2D eigenvalue weighted by atomic mass is 9.75. The number of hydrogen-bond donors (Lipinski definition) is 2. The molecule has 2 amide bonds. The zero-order chi connectivity index (χ0) is 15.0. The highest BCUT2D eigenvalue weighted by atomic mass is 32.1. The molecule has 0 saturated carbocycles. The summed E-state index contributed by atoms with van der Waals surface area (Å²) in [4.78, 5) is 26.6. The molecule has 1 aromatic carbocycles. The Morgan fingerprint density at radius 1 is 1.14 bits per heavy atom. The van der Waals surface area contributed by atoms with Gasteiger partial charge in [-0.2, -0.15) is 0 Å². The Hall–Kier alpha value is -1.95. The maximum Gasteiger partial charge on any atom is 0.241 e. The van der Waals surface area contributed by atoms with Crippen LogP contribution in [0.2, 0.25) is 0 Å². The lowest BCUT2D eigenvalue weighted by Gasteiger charge is -2.42. The van der Waals surface area contributed by atoms with Crippen LogP contribution in [0.3, 0.4) is 0 Å². The molecule has 1 aromatic rings. The van der Waals surface area contributed by atoms with Gasteiger partial charge < -0.3 is 15.5 Å². The summed E-state index contributed by atoms with van der Waals surface area (Å²) in [6, 6.07) is 8.25. The van der Waals surface area contributed by atoms with Gasteiger partial charge in [0.1, 0.15) is 5.41 Å². The highest BCUT2D eigenvalue weighted by Gasteiger charge is 2.50. The van der Waals surface area contributed by atoms with Crippen LogP contribution in [0, 0.1) is 12.3 Å². The minimum atomic E-state index is -0.970. The molecule has 2 aliphatic heterocycles. The van der Waals surface area contributed by atoms with Gasteiger partial charge in [0.2, 0.25) is 11.8 Å². The van der Waals surface area contributed by atoms with Crippen LogP contribution in [0.25, 0.3) is 0 Å². The largest absolute Gasteiger partial charge is 0.371 e. The van der Waals surface area contributed by atoms with Gasteiger partial charge in [0.15, 0.2) is 5.11 Å². The number of benzene rings is 1. The number of hydrogen-bond acceptors (Lipinski definition) is 4. The third kappa shape index (κ3) is 2.40. The molecule has 0 radical (unpaired) electrons. The van der Waals surface area contributed by atoms with Crippen molar-refractivity contribution in [2.24, 2.45) is 5.41 Å². The second-order valence-electron chi connectivity index (χ2n) is 5.65. The third-order valence-corrected chi connectivity index (χ3v) is 4.51. The number of nitrogens with one attached hydrogen (secondary N) is 2. The van der Waals surface area contributed by atoms with Crippen molar-refractivity contribution in [3.63, 3.8) is 0 Å². The summed E-state index contributed by atoms with van der Waals surface area (Å²) in [5.41, 5.74) is 1.37. The van der Waals surface area contributed by atoms with Crippen molar-refractivity contribution in [2.45, 2.75) is 19.8 Å². The molecule has 0 aromatic heterocycles. The average molecular weight is 303 g/mol. The van der Waals surface area contributed by atoms with Gasteiger partial charge >= 0.3 is 0 Å². The van der Waals surface area contributed by atoms with E-state index in [1.54, 1.807) is 0 Å². The summed E-state index contributed by atoms with van der Waals surface area (Å²) < 4.78 is 0. The molecule has 0 atom stereocenters. The Morgan fingerprint density at radius 3 is 2.33 bits per heavy atom. The zero-order valence-electron chi connectivity index (χ0n) is 11.8. The molecule has 3 rings (SSSR count). The zero-order valence-corrected chi connectivity index (χ0v) is 12.6. The number of rotatable bonds is 1. The van der Waals surface area contributed by atoms with Crippen molar-refractivity contribution in [1.29, 1.82) is 0 Å². The molecule has 2 aliphatic rings. The first kappa shape index (κ1) is 14.0. The van der Waals surface area contributed by atoms with Gasteiger partial charge in [0.05, 0.1) is 0 Å². The van der Waals surface area contributed by atoms with Gasteiger partial charge in [0, 0.05) is 18.8 Å². The summed E-state index contributed by atoms with van der Waals surface area (Å²) in [5, 5.41) is 5.26. The number of amides is 2. The van der Waals surface area contributed by atoms with Crippen LogP contribution >= 0.6 is 12.2 Å². The van der Waals surface area contributed by atoms with Gasteiger partial charge in [-0.1, -0.05) is 12.1 Å². The fourth-order valence-electron chi connectivity index (χ4n) is 3.01. The second kappa shape index (κ2) is 5.11. The van der Waals surface area contributed by atoms with Crippen molar-refractivity contribution in [3.05, 3.63) is 29.8 Å². The number of thiocarbonyl (C=S) groups is 1. The minimum absolute atomic E-state index is 0.108. The van der Waals surface area contributed by atoms with E-state index in [9.17, 15) is 9.59 Å². The normalized spacial score (nSPS) is 21.2. The predicted octanol–water partition coefficient (Wildman–Crippen LogP) is 1.11. The van der Waals surface area contributed by atoms with E-state index in [1.165, 1.54) is 5.56 Å². The molecular weight excluding hydrogens is 286 g/mol. The maximum absolute atomic E-state index is 12.2. The van der Waals surface area contributed by atoms with Gasteiger partial charge in [-0.3, -0.25) is 9.59 Å². The van der Waals surface area contributed by atoms with Crippen LogP contribution in [-0.4, -0.2) is 30.0 Å². The van der Waals surface area contributed by atoms with E-state index in [0.717, 1.165) is 5.69 Å². The Kier molecular flexibility index (Phi) is 3.41. The standard InChI is InChI=1S/C15H17N3O2S/c1-10-3-2-4-11(9-10)18-7-5-15(6-8-18)12(19)16-14(21)17-13(15)20/h2-4,9H,5-8H2,1H3,(H2,16,17,19,20,21). The van der Waals surface area contributed by atoms with Crippen LogP contribution in [0.5, 0.6) is 0 Å². The lowest BCUT2D eigenvalue weighted by molar-refractivity contribution is -0.145. The first-order chi connectivity index (χ1) is 10.0. The number of nitrogens with zero attached hydrogens (tertiary/aromatic N) is 1. The van der Waals surface area contributed by atoms with Crippen molar-refractivity contribution >= 4 is 34.8 Å². The van der Waals surface area contributed by atoms with E-state index in [1.807, 2.05) is 6.07 Å². The number of carbonyl (C=O) groups excluding carboxylic acids is 2. The average Bonchev–Trinajstić information content (AvgIpc) is 2.45. The number of piperidine rings is 1. The summed E-state index contributed by atoms with van der Waals surface area (Å²) in [7, 11) is 0. The van der Waals surface area contributed by atoms with Gasteiger partial charge in [-0.25, -0.2) is 0 Å². The SMILES string of the molecule is Cc1cccc(N2CCC3(CC2)C(=O)NC(=S)NC3=O)c1. The Labute approximate surface area is 128 Å². The van der Waals surface area contributed by atoms with Gasteiger partial charge in [-0.15, -0.1) is 0 Å². The molecule has 1 spiro atoms. The maximum atomic E-state index is 12.2. The summed E-state index contributed by atoms with van der Waals surface area (Å²) in [5.74, 6) is -0.528. The van der Waals surface area contributed by atoms with E-state index < -0.39 is 5.41 Å². The second-order valence-corrected chi connectivity index (χ2v) is 6.05. The first-order valence-electron chi connectivity index (χ1n) is 7.00. The number of aryl methyl sites for hydroxylation is 1. The lowest BCUT2D eigenvalue weighted by Crippen LogP contribution is -2.64. The third-order valence-electron chi connectivity index (χ3n) is 4.31. The Morgan fingerprint density at radius 2 is 1.76 bits per heavy atom. The van der Waals surface area contributed by atoms with E-state index in [4.69, 9.17) is 12.2 Å². The van der Waals surface area contributed by atoms with Gasteiger partial charge in [0.25, 0.3) is 0 Å². The van der Waals surface area contributed by atoms with Gasteiger partial charge in [-0.05, 0) is 49.7 Å². The highest BCUT2D eigenvalue weighted by Crippen LogP contribution is 2.35. The molecule has 2 fully saturated rings. The van der Waals surface area contributed by atoms with E-state index in [-0.39, 0.29) is 16.9 Å². The predicted molar refractivity (Wildman–Crippen MR) is 83.9 cm³/mol. The topological polar surface area (TPSA) is 61.4 Å². The van der Waals surface area contributed by atoms with Crippen molar-refractivity contribution in [2.75, 3.05) is 18.0 Å². The molecule has 21 heavy (non-hydrogen) atoms. The monoisotopic (exact) mass is 303 g/mol. The molecule has 0 bridgehead atoms.